The first-order valence-corrected chi connectivity index (χ1v) is 11.3. The second-order valence-corrected chi connectivity index (χ2v) is 7.89. The van der Waals surface area contributed by atoms with Crippen molar-refractivity contribution in [3.63, 3.8) is 0 Å². The average Bonchev–Trinajstić information content (AvgIpc) is 3.29. The van der Waals surface area contributed by atoms with E-state index in [9.17, 15) is 9.59 Å². The average molecular weight is 440 g/mol. The van der Waals surface area contributed by atoms with E-state index in [0.717, 1.165) is 0 Å². The summed E-state index contributed by atoms with van der Waals surface area (Å²) in [5, 5.41) is 11.7. The van der Waals surface area contributed by atoms with Crippen LogP contribution in [0.5, 0.6) is 11.5 Å². The fraction of sp³-hybridized carbons (Fsp3) is 0.348. The summed E-state index contributed by atoms with van der Waals surface area (Å²) in [5.74, 6) is 2.13. The first-order valence-electron chi connectivity index (χ1n) is 10.1. The summed E-state index contributed by atoms with van der Waals surface area (Å²) in [7, 11) is 0. The largest absolute Gasteiger partial charge is 0.490 e. The number of ether oxygens (including phenoxy) is 2. The zero-order valence-electron chi connectivity index (χ0n) is 17.4. The lowest BCUT2D eigenvalue weighted by molar-refractivity contribution is -0.136. The Labute approximate surface area is 186 Å². The van der Waals surface area contributed by atoms with Gasteiger partial charge in [0.25, 0.3) is 0 Å². The molecule has 0 radical (unpaired) electrons. The number of hydrogen-bond donors (Lipinski definition) is 1. The Morgan fingerprint density at radius 3 is 2.55 bits per heavy atom. The van der Waals surface area contributed by atoms with Gasteiger partial charge in [-0.15, -0.1) is 11.8 Å². The Bertz CT molecular complexity index is 943. The predicted octanol–water partition coefficient (Wildman–Crippen LogP) is 3.66. The van der Waals surface area contributed by atoms with Gasteiger partial charge in [0.1, 0.15) is 6.04 Å². The number of thioether (sulfide) groups is 1. The van der Waals surface area contributed by atoms with Crippen LogP contribution < -0.4 is 14.8 Å². The van der Waals surface area contributed by atoms with E-state index in [0.29, 0.717) is 60.4 Å². The summed E-state index contributed by atoms with van der Waals surface area (Å²) in [5.41, 5.74) is 1.13. The highest BCUT2D eigenvalue weighted by Crippen LogP contribution is 2.27. The van der Waals surface area contributed by atoms with Gasteiger partial charge < -0.3 is 19.7 Å². The molecule has 7 nitrogen and oxygen atoms in total. The summed E-state index contributed by atoms with van der Waals surface area (Å²) in [6, 6.07) is 15.6. The van der Waals surface area contributed by atoms with Crippen molar-refractivity contribution in [2.24, 2.45) is 0 Å². The second-order valence-electron chi connectivity index (χ2n) is 6.89. The molecule has 1 heterocycles. The zero-order valence-corrected chi connectivity index (χ0v) is 18.2. The highest BCUT2D eigenvalue weighted by atomic mass is 32.2. The highest BCUT2D eigenvalue weighted by Gasteiger charge is 2.34. The van der Waals surface area contributed by atoms with Crippen molar-refractivity contribution in [3.8, 4) is 17.6 Å². The van der Waals surface area contributed by atoms with Crippen LogP contribution in [0.25, 0.3) is 0 Å². The molecule has 1 fully saturated rings. The molecule has 0 saturated carbocycles. The van der Waals surface area contributed by atoms with E-state index in [1.165, 1.54) is 0 Å². The number of para-hydroxylation sites is 2. The monoisotopic (exact) mass is 439 g/mol. The number of nitriles is 1. The van der Waals surface area contributed by atoms with Gasteiger partial charge in [-0.2, -0.15) is 5.26 Å². The van der Waals surface area contributed by atoms with E-state index in [1.807, 2.05) is 37.3 Å². The number of carbonyl (C=O) groups is 2. The van der Waals surface area contributed by atoms with Crippen LogP contribution in [0.2, 0.25) is 0 Å². The Kier molecular flexibility index (Phi) is 8.19. The molecule has 31 heavy (non-hydrogen) atoms. The van der Waals surface area contributed by atoms with Crippen LogP contribution in [0.4, 0.5) is 5.69 Å². The molecule has 1 aliphatic rings. The fourth-order valence-corrected chi connectivity index (χ4v) is 4.33. The Hall–Kier alpha value is -3.18. The Morgan fingerprint density at radius 1 is 1.16 bits per heavy atom. The topological polar surface area (TPSA) is 91.7 Å². The molecule has 2 amide bonds. The molecule has 8 heteroatoms. The van der Waals surface area contributed by atoms with Gasteiger partial charge in [-0.3, -0.25) is 9.59 Å². The third kappa shape index (κ3) is 6.15. The van der Waals surface area contributed by atoms with Crippen LogP contribution in [-0.2, 0) is 9.59 Å². The molecule has 3 rings (SSSR count). The maximum atomic E-state index is 12.7. The standard InChI is InChI=1S/C23H25N3O4S/c1-2-29-20-6-3-4-7-21(20)30-13-5-8-22(27)26-16-31-15-19(26)23(28)25-18-11-9-17(14-24)10-12-18/h3-4,6-7,9-12,19H,2,5,8,13,15-16H2,1H3,(H,25,28). The van der Waals surface area contributed by atoms with Crippen LogP contribution in [0.3, 0.4) is 0 Å². The van der Waals surface area contributed by atoms with Gasteiger partial charge in [0.05, 0.1) is 30.7 Å². The normalized spacial score (nSPS) is 15.2. The summed E-state index contributed by atoms with van der Waals surface area (Å²) in [6.45, 7) is 2.85. The molecule has 1 aliphatic heterocycles. The lowest BCUT2D eigenvalue weighted by Crippen LogP contribution is -2.44. The van der Waals surface area contributed by atoms with Crippen molar-refractivity contribution in [2.75, 3.05) is 30.2 Å². The number of hydrogen-bond acceptors (Lipinski definition) is 6. The molecule has 0 bridgehead atoms. The fourth-order valence-electron chi connectivity index (χ4n) is 3.15. The van der Waals surface area contributed by atoms with Gasteiger partial charge in [0.15, 0.2) is 11.5 Å². The van der Waals surface area contributed by atoms with Crippen LogP contribution in [0.1, 0.15) is 25.3 Å². The van der Waals surface area contributed by atoms with E-state index in [1.54, 1.807) is 40.9 Å². The molecule has 0 aromatic heterocycles. The molecule has 2 aromatic rings. The molecule has 2 aromatic carbocycles. The molecule has 1 N–H and O–H groups in total. The quantitative estimate of drug-likeness (QED) is 0.600. The molecule has 0 spiro atoms. The minimum atomic E-state index is -0.507. The van der Waals surface area contributed by atoms with Crippen molar-refractivity contribution in [1.82, 2.24) is 4.90 Å². The van der Waals surface area contributed by atoms with Gasteiger partial charge in [0.2, 0.25) is 11.8 Å². The number of anilines is 1. The number of benzene rings is 2. The van der Waals surface area contributed by atoms with E-state index in [2.05, 4.69) is 5.32 Å². The molecular weight excluding hydrogens is 414 g/mol. The van der Waals surface area contributed by atoms with E-state index in [-0.39, 0.29) is 11.8 Å². The summed E-state index contributed by atoms with van der Waals surface area (Å²) >= 11 is 1.56. The lowest BCUT2D eigenvalue weighted by atomic mass is 10.2. The summed E-state index contributed by atoms with van der Waals surface area (Å²) < 4.78 is 11.3. The van der Waals surface area contributed by atoms with Crippen molar-refractivity contribution in [2.45, 2.75) is 25.8 Å². The zero-order chi connectivity index (χ0) is 22.1. The molecule has 162 valence electrons. The van der Waals surface area contributed by atoms with Crippen LogP contribution in [0, 0.1) is 11.3 Å². The van der Waals surface area contributed by atoms with Gasteiger partial charge in [0, 0.05) is 17.9 Å². The molecule has 0 aliphatic carbocycles. The highest BCUT2D eigenvalue weighted by molar-refractivity contribution is 7.99. The number of nitrogens with zero attached hydrogens (tertiary/aromatic N) is 2. The van der Waals surface area contributed by atoms with Gasteiger partial charge in [-0.05, 0) is 49.7 Å². The summed E-state index contributed by atoms with van der Waals surface area (Å²) in [4.78, 5) is 27.0. The van der Waals surface area contributed by atoms with Crippen LogP contribution >= 0.6 is 11.8 Å². The number of nitrogens with one attached hydrogen (secondary N) is 1. The van der Waals surface area contributed by atoms with Crippen molar-refractivity contribution in [3.05, 3.63) is 54.1 Å². The predicted molar refractivity (Wildman–Crippen MR) is 120 cm³/mol. The Balaban J connectivity index is 1.48. The first kappa shape index (κ1) is 22.5. The van der Waals surface area contributed by atoms with E-state index in [4.69, 9.17) is 14.7 Å². The number of rotatable bonds is 9. The SMILES string of the molecule is CCOc1ccccc1OCCCC(=O)N1CSCC1C(=O)Nc1ccc(C#N)cc1. The maximum Gasteiger partial charge on any atom is 0.248 e. The molecule has 1 saturated heterocycles. The number of amides is 2. The van der Waals surface area contributed by atoms with E-state index < -0.39 is 6.04 Å². The van der Waals surface area contributed by atoms with Crippen molar-refractivity contribution in [1.29, 1.82) is 5.26 Å². The maximum absolute atomic E-state index is 12.7. The summed E-state index contributed by atoms with van der Waals surface area (Å²) in [6.07, 6.45) is 0.850. The van der Waals surface area contributed by atoms with Gasteiger partial charge in [-0.1, -0.05) is 12.1 Å². The van der Waals surface area contributed by atoms with Crippen LogP contribution in [0.15, 0.2) is 48.5 Å². The third-order valence-corrected chi connectivity index (χ3v) is 5.74. The number of carbonyl (C=O) groups excluding carboxylic acids is 2. The van der Waals surface area contributed by atoms with Gasteiger partial charge in [-0.25, -0.2) is 0 Å². The smallest absolute Gasteiger partial charge is 0.248 e. The first-order chi connectivity index (χ1) is 15.1. The van der Waals surface area contributed by atoms with Gasteiger partial charge >= 0.3 is 0 Å². The van der Waals surface area contributed by atoms with Crippen LogP contribution in [-0.4, -0.2) is 47.6 Å². The lowest BCUT2D eigenvalue weighted by Gasteiger charge is -2.23. The second kappa shape index (κ2) is 11.3. The molecule has 1 atom stereocenters. The molecular formula is C23H25N3O4S. The Morgan fingerprint density at radius 2 is 1.87 bits per heavy atom. The molecule has 1 unspecified atom stereocenters. The minimum absolute atomic E-state index is 0.0633. The van der Waals surface area contributed by atoms with E-state index >= 15 is 0 Å². The minimum Gasteiger partial charge on any atom is -0.490 e. The third-order valence-electron chi connectivity index (χ3n) is 4.73. The van der Waals surface area contributed by atoms with Crippen molar-refractivity contribution >= 4 is 29.3 Å². The van der Waals surface area contributed by atoms with Crippen molar-refractivity contribution < 1.29 is 19.1 Å².